The van der Waals surface area contributed by atoms with E-state index in [-0.39, 0.29) is 5.54 Å². The average molecular weight is 462 g/mol. The van der Waals surface area contributed by atoms with Gasteiger partial charge in [0.2, 0.25) is 0 Å². The summed E-state index contributed by atoms with van der Waals surface area (Å²) in [6.07, 6.45) is 4.70. The van der Waals surface area contributed by atoms with Crippen molar-refractivity contribution in [3.8, 4) is 0 Å². The Kier molecular flexibility index (Phi) is 6.31. The molecule has 0 amide bonds. The van der Waals surface area contributed by atoms with Crippen molar-refractivity contribution < 1.29 is 0 Å². The number of hydrogen-bond donors (Lipinski definition) is 3. The van der Waals surface area contributed by atoms with Gasteiger partial charge in [0.1, 0.15) is 0 Å². The van der Waals surface area contributed by atoms with Crippen LogP contribution in [0, 0.1) is 0 Å². The van der Waals surface area contributed by atoms with Gasteiger partial charge in [0.15, 0.2) is 8.07 Å². The van der Waals surface area contributed by atoms with E-state index < -0.39 is 8.07 Å². The van der Waals surface area contributed by atoms with Crippen LogP contribution in [0.3, 0.4) is 0 Å². The quantitative estimate of drug-likeness (QED) is 0.293. The van der Waals surface area contributed by atoms with Gasteiger partial charge in [0.25, 0.3) is 0 Å². The summed E-state index contributed by atoms with van der Waals surface area (Å²) in [5, 5.41) is 4.06. The van der Waals surface area contributed by atoms with E-state index in [4.69, 9.17) is 17.2 Å². The highest BCUT2D eigenvalue weighted by Crippen LogP contribution is 2.37. The predicted octanol–water partition coefficient (Wildman–Crippen LogP) is 2.88. The van der Waals surface area contributed by atoms with Crippen LogP contribution in [0.1, 0.15) is 33.4 Å². The number of nitrogens with two attached hydrogens (primary N) is 3. The maximum Gasteiger partial charge on any atom is 0.159 e. The molecule has 4 aromatic rings. The van der Waals surface area contributed by atoms with Crippen molar-refractivity contribution in [3.05, 3.63) is 131 Å². The van der Waals surface area contributed by atoms with E-state index in [2.05, 4.69) is 109 Å². The van der Waals surface area contributed by atoms with Gasteiger partial charge in [-0.05, 0) is 43.4 Å². The van der Waals surface area contributed by atoms with E-state index in [1.165, 1.54) is 26.7 Å². The van der Waals surface area contributed by atoms with Gasteiger partial charge in [0.05, 0.1) is 0 Å². The molecule has 4 heteroatoms. The summed E-state index contributed by atoms with van der Waals surface area (Å²) in [4.78, 5) is 0. The van der Waals surface area contributed by atoms with Gasteiger partial charge < -0.3 is 17.2 Å². The Morgan fingerprint density at radius 3 is 1.50 bits per heavy atom. The van der Waals surface area contributed by atoms with Crippen molar-refractivity contribution in [1.29, 1.82) is 0 Å². The standard InChI is InChI=1S/C30H31N3Si/c31-19-22-6-3-10-26(16-22)34(27-11-4-7-23(17-27)20-32,28-12-5-8-24(18-28)21-33)30-15-14-25-9-1-2-13-29(25)30/h1-18,30H,19-21,31-33H2. The molecule has 170 valence electrons. The smallest absolute Gasteiger partial charge is 0.159 e. The Morgan fingerprint density at radius 2 is 1.03 bits per heavy atom. The summed E-state index contributed by atoms with van der Waals surface area (Å²) in [7, 11) is -2.64. The fraction of sp³-hybridized carbons (Fsp3) is 0.133. The zero-order valence-electron chi connectivity index (χ0n) is 19.3. The second kappa shape index (κ2) is 9.53. The molecule has 0 heterocycles. The Balaban J connectivity index is 1.91. The normalized spacial score (nSPS) is 14.9. The van der Waals surface area contributed by atoms with E-state index in [0.29, 0.717) is 19.6 Å². The maximum atomic E-state index is 6.13. The van der Waals surface area contributed by atoms with Crippen LogP contribution in [0.4, 0.5) is 0 Å². The highest BCUT2D eigenvalue weighted by molar-refractivity contribution is 7.12. The molecule has 1 aliphatic carbocycles. The fourth-order valence-electron chi connectivity index (χ4n) is 5.50. The zero-order valence-corrected chi connectivity index (χ0v) is 20.3. The topological polar surface area (TPSA) is 78.1 Å². The molecule has 1 aliphatic rings. The van der Waals surface area contributed by atoms with E-state index in [9.17, 15) is 0 Å². The first-order valence-corrected chi connectivity index (χ1v) is 13.9. The molecule has 0 bridgehead atoms. The first-order chi connectivity index (χ1) is 16.7. The molecule has 34 heavy (non-hydrogen) atoms. The third-order valence-electron chi connectivity index (χ3n) is 7.12. The molecule has 5 rings (SSSR count). The van der Waals surface area contributed by atoms with Gasteiger partial charge in [-0.2, -0.15) is 0 Å². The second-order valence-corrected chi connectivity index (χ2v) is 13.0. The lowest BCUT2D eigenvalue weighted by Gasteiger charge is -2.39. The summed E-state index contributed by atoms with van der Waals surface area (Å²) in [5.41, 5.74) is 24.7. The first-order valence-electron chi connectivity index (χ1n) is 11.9. The summed E-state index contributed by atoms with van der Waals surface area (Å²) >= 11 is 0. The van der Waals surface area contributed by atoms with Crippen molar-refractivity contribution in [3.63, 3.8) is 0 Å². The van der Waals surface area contributed by atoms with Crippen LogP contribution in [-0.2, 0) is 19.6 Å². The van der Waals surface area contributed by atoms with Gasteiger partial charge in [-0.25, -0.2) is 0 Å². The maximum absolute atomic E-state index is 6.13. The van der Waals surface area contributed by atoms with Crippen molar-refractivity contribution in [1.82, 2.24) is 0 Å². The summed E-state index contributed by atoms with van der Waals surface area (Å²) in [6.45, 7) is 1.54. The average Bonchev–Trinajstić information content (AvgIpc) is 3.34. The molecule has 3 nitrogen and oxygen atoms in total. The molecule has 6 N–H and O–H groups in total. The molecular weight excluding hydrogens is 430 g/mol. The molecule has 0 aliphatic heterocycles. The number of hydrogen-bond acceptors (Lipinski definition) is 3. The third-order valence-corrected chi connectivity index (χ3v) is 12.2. The highest BCUT2D eigenvalue weighted by atomic mass is 28.3. The SMILES string of the molecule is NCc1cccc([Si](c2cccc(CN)c2)(c2cccc(CN)c2)C2C=Cc3ccccc32)c1. The minimum atomic E-state index is -2.64. The van der Waals surface area contributed by atoms with Crippen LogP contribution in [-0.4, -0.2) is 8.07 Å². The van der Waals surface area contributed by atoms with Gasteiger partial charge in [-0.15, -0.1) is 0 Å². The van der Waals surface area contributed by atoms with Crippen LogP contribution >= 0.6 is 0 Å². The molecule has 0 saturated carbocycles. The molecule has 0 spiro atoms. The van der Waals surface area contributed by atoms with E-state index >= 15 is 0 Å². The highest BCUT2D eigenvalue weighted by Gasteiger charge is 2.48. The lowest BCUT2D eigenvalue weighted by molar-refractivity contribution is 1.07. The third kappa shape index (κ3) is 3.75. The molecule has 0 saturated heterocycles. The molecule has 1 unspecified atom stereocenters. The lowest BCUT2D eigenvalue weighted by Crippen LogP contribution is -2.70. The minimum absolute atomic E-state index is 0.234. The molecule has 0 aromatic heterocycles. The number of benzene rings is 4. The van der Waals surface area contributed by atoms with Crippen molar-refractivity contribution in [2.45, 2.75) is 25.2 Å². The minimum Gasteiger partial charge on any atom is -0.326 e. The largest absolute Gasteiger partial charge is 0.326 e. The molecule has 4 aromatic carbocycles. The van der Waals surface area contributed by atoms with Crippen molar-refractivity contribution in [2.75, 3.05) is 0 Å². The summed E-state index contributed by atoms with van der Waals surface area (Å²) in [6, 6.07) is 35.5. The monoisotopic (exact) mass is 461 g/mol. The van der Waals surface area contributed by atoms with Crippen LogP contribution < -0.4 is 32.8 Å². The Labute approximate surface area is 202 Å². The van der Waals surface area contributed by atoms with Crippen LogP contribution in [0.2, 0.25) is 0 Å². The van der Waals surface area contributed by atoms with Gasteiger partial charge in [-0.1, -0.05) is 109 Å². The summed E-state index contributed by atoms with van der Waals surface area (Å²) in [5.74, 6) is 0. The molecule has 0 radical (unpaired) electrons. The number of allylic oxidation sites excluding steroid dienone is 1. The summed E-state index contributed by atoms with van der Waals surface area (Å²) < 4.78 is 0. The van der Waals surface area contributed by atoms with Gasteiger partial charge in [-0.3, -0.25) is 0 Å². The second-order valence-electron chi connectivity index (χ2n) is 8.99. The Morgan fingerprint density at radius 1 is 0.559 bits per heavy atom. The van der Waals surface area contributed by atoms with Crippen LogP contribution in [0.15, 0.2) is 103 Å². The van der Waals surface area contributed by atoms with Gasteiger partial charge in [0, 0.05) is 25.2 Å². The Bertz CT molecular complexity index is 1230. The fourth-order valence-corrected chi connectivity index (χ4v) is 11.0. The zero-order chi connectivity index (χ0) is 23.5. The number of rotatable bonds is 7. The van der Waals surface area contributed by atoms with E-state index in [0.717, 1.165) is 16.7 Å². The Hall–Kier alpha value is -3.28. The van der Waals surface area contributed by atoms with Gasteiger partial charge >= 0.3 is 0 Å². The first kappa shape index (κ1) is 22.5. The number of fused-ring (bicyclic) bond motifs is 1. The molecule has 0 fully saturated rings. The molecule has 1 atom stereocenters. The van der Waals surface area contributed by atoms with Crippen molar-refractivity contribution >= 4 is 29.7 Å². The molecular formula is C30H31N3Si. The lowest BCUT2D eigenvalue weighted by atomic mass is 10.1. The van der Waals surface area contributed by atoms with E-state index in [1.807, 2.05) is 0 Å². The predicted molar refractivity (Wildman–Crippen MR) is 146 cm³/mol. The van der Waals surface area contributed by atoms with Crippen molar-refractivity contribution in [2.24, 2.45) is 17.2 Å². The van der Waals surface area contributed by atoms with Crippen LogP contribution in [0.25, 0.3) is 6.08 Å². The van der Waals surface area contributed by atoms with Crippen LogP contribution in [0.5, 0.6) is 0 Å². The van der Waals surface area contributed by atoms with E-state index in [1.54, 1.807) is 0 Å².